The molecule has 0 spiro atoms. The van der Waals surface area contributed by atoms with Crippen LogP contribution in [0.2, 0.25) is 0 Å². The summed E-state index contributed by atoms with van der Waals surface area (Å²) in [7, 11) is 0. The Morgan fingerprint density at radius 2 is 1.55 bits per heavy atom. The minimum Gasteiger partial charge on any atom is -0.294 e. The smallest absolute Gasteiger partial charge is 0.294 e. The Morgan fingerprint density at radius 3 is 2.05 bits per heavy atom. The van der Waals surface area contributed by atoms with Gasteiger partial charge in [-0.3, -0.25) is 14.9 Å². The van der Waals surface area contributed by atoms with Crippen molar-refractivity contribution in [2.24, 2.45) is 0 Å². The predicted octanol–water partition coefficient (Wildman–Crippen LogP) is 4.76. The van der Waals surface area contributed by atoms with E-state index in [0.717, 1.165) is 5.56 Å². The van der Waals surface area contributed by atoms with E-state index >= 15 is 0 Å². The Labute approximate surface area is 144 Å². The monoisotopic (exact) mass is 425 g/mol. The van der Waals surface area contributed by atoms with Gasteiger partial charge in [0.25, 0.3) is 0 Å². The molecule has 0 saturated heterocycles. The molecule has 0 N–H and O–H groups in total. The third kappa shape index (κ3) is 3.81. The molecule has 2 rings (SSSR count). The van der Waals surface area contributed by atoms with E-state index in [4.69, 9.17) is 0 Å². The van der Waals surface area contributed by atoms with Crippen molar-refractivity contribution >= 4 is 37.6 Å². The first-order valence-corrected chi connectivity index (χ1v) is 8.17. The van der Waals surface area contributed by atoms with Gasteiger partial charge in [-0.15, -0.1) is 0 Å². The molecule has 2 aromatic carbocycles. The summed E-state index contributed by atoms with van der Waals surface area (Å²) in [6.07, 6.45) is 0.0194. The summed E-state index contributed by atoms with van der Waals surface area (Å²) < 4.78 is -1.59. The number of halogens is 2. The number of carbonyl (C=O) groups is 1. The lowest BCUT2D eigenvalue weighted by Crippen LogP contribution is -2.33. The first kappa shape index (κ1) is 16.8. The standard InChI is InChI=1S/C16H13Br2NO3/c17-16(18,19(21)22)14(12-7-3-1-4-8-12)11-15(20)13-9-5-2-6-10-13/h1-10,14H,11H2. The minimum atomic E-state index is -1.59. The van der Waals surface area contributed by atoms with Crippen LogP contribution in [-0.2, 0) is 0 Å². The molecule has 2 aromatic rings. The maximum absolute atomic E-state index is 12.4. The van der Waals surface area contributed by atoms with Crippen LogP contribution in [-0.4, -0.2) is 14.1 Å². The van der Waals surface area contributed by atoms with E-state index in [-0.39, 0.29) is 12.2 Å². The second-order valence-electron chi connectivity index (χ2n) is 4.80. The highest BCUT2D eigenvalue weighted by Gasteiger charge is 2.47. The minimum absolute atomic E-state index is 0.0194. The van der Waals surface area contributed by atoms with Crippen LogP contribution in [0.15, 0.2) is 60.7 Å². The van der Waals surface area contributed by atoms with Gasteiger partial charge in [0.15, 0.2) is 5.78 Å². The van der Waals surface area contributed by atoms with Gasteiger partial charge in [-0.25, -0.2) is 0 Å². The summed E-state index contributed by atoms with van der Waals surface area (Å²) in [6.45, 7) is 0. The lowest BCUT2D eigenvalue weighted by Gasteiger charge is -2.23. The van der Waals surface area contributed by atoms with Crippen molar-refractivity contribution in [3.8, 4) is 0 Å². The highest BCUT2D eigenvalue weighted by atomic mass is 79.9. The number of alkyl halides is 2. The van der Waals surface area contributed by atoms with Gasteiger partial charge in [0.05, 0.1) is 10.8 Å². The van der Waals surface area contributed by atoms with Crippen molar-refractivity contribution in [2.75, 3.05) is 0 Å². The van der Waals surface area contributed by atoms with E-state index in [1.807, 2.05) is 12.1 Å². The number of nitro groups is 1. The SMILES string of the molecule is O=C(CC(c1ccccc1)C(Br)(Br)[N+](=O)[O-])c1ccccc1. The van der Waals surface area contributed by atoms with Gasteiger partial charge in [-0.1, -0.05) is 60.7 Å². The van der Waals surface area contributed by atoms with E-state index in [1.54, 1.807) is 48.5 Å². The van der Waals surface area contributed by atoms with E-state index in [1.165, 1.54) is 0 Å². The van der Waals surface area contributed by atoms with E-state index in [0.29, 0.717) is 5.56 Å². The van der Waals surface area contributed by atoms with Crippen LogP contribution < -0.4 is 0 Å². The zero-order valence-electron chi connectivity index (χ0n) is 11.5. The van der Waals surface area contributed by atoms with Gasteiger partial charge in [-0.05, 0) is 5.56 Å². The normalized spacial score (nSPS) is 12.6. The molecule has 0 amide bonds. The molecule has 0 aliphatic carbocycles. The van der Waals surface area contributed by atoms with Crippen molar-refractivity contribution < 1.29 is 9.72 Å². The molecular weight excluding hydrogens is 414 g/mol. The van der Waals surface area contributed by atoms with Crippen LogP contribution in [0, 0.1) is 10.1 Å². The molecule has 0 heterocycles. The molecule has 0 saturated carbocycles. The third-order valence-electron chi connectivity index (χ3n) is 3.35. The summed E-state index contributed by atoms with van der Waals surface area (Å²) in [6, 6.07) is 17.8. The Balaban J connectivity index is 2.34. The molecule has 22 heavy (non-hydrogen) atoms. The quantitative estimate of drug-likeness (QED) is 0.220. The number of hydrogen-bond donors (Lipinski definition) is 0. The number of carbonyl (C=O) groups excluding carboxylic acids is 1. The fourth-order valence-corrected chi connectivity index (χ4v) is 3.03. The molecule has 0 aromatic heterocycles. The second-order valence-corrected chi connectivity index (χ2v) is 8.28. The van der Waals surface area contributed by atoms with Crippen LogP contribution in [0.4, 0.5) is 0 Å². The first-order valence-electron chi connectivity index (χ1n) is 6.58. The molecule has 0 aliphatic rings. The number of ketones is 1. The molecule has 1 atom stereocenters. The molecular formula is C16H13Br2NO3. The fourth-order valence-electron chi connectivity index (χ4n) is 2.18. The number of hydrogen-bond acceptors (Lipinski definition) is 3. The lowest BCUT2D eigenvalue weighted by molar-refractivity contribution is -0.508. The second kappa shape index (κ2) is 7.15. The van der Waals surface area contributed by atoms with Crippen LogP contribution in [0.3, 0.4) is 0 Å². The lowest BCUT2D eigenvalue weighted by atomic mass is 9.91. The van der Waals surface area contributed by atoms with Crippen molar-refractivity contribution in [1.29, 1.82) is 0 Å². The largest absolute Gasteiger partial charge is 0.334 e. The van der Waals surface area contributed by atoms with Crippen molar-refractivity contribution in [3.63, 3.8) is 0 Å². The summed E-state index contributed by atoms with van der Waals surface area (Å²) in [5.41, 5.74) is 1.26. The topological polar surface area (TPSA) is 60.2 Å². The fraction of sp³-hybridized carbons (Fsp3) is 0.188. The average Bonchev–Trinajstić information content (AvgIpc) is 2.53. The molecule has 0 fully saturated rings. The molecule has 114 valence electrons. The maximum Gasteiger partial charge on any atom is 0.334 e. The number of Topliss-reactive ketones (excluding diaryl/α,β-unsaturated/α-hetero) is 1. The van der Waals surface area contributed by atoms with Gasteiger partial charge < -0.3 is 0 Å². The summed E-state index contributed by atoms with van der Waals surface area (Å²) in [4.78, 5) is 23.3. The Kier molecular flexibility index (Phi) is 5.47. The molecule has 0 bridgehead atoms. The highest BCUT2D eigenvalue weighted by Crippen LogP contribution is 2.44. The van der Waals surface area contributed by atoms with Crippen LogP contribution in [0.25, 0.3) is 0 Å². The summed E-state index contributed by atoms with van der Waals surface area (Å²) >= 11 is 6.23. The number of benzene rings is 2. The number of rotatable bonds is 6. The van der Waals surface area contributed by atoms with Gasteiger partial charge >= 0.3 is 3.36 Å². The molecule has 0 aliphatic heterocycles. The molecule has 6 heteroatoms. The highest BCUT2D eigenvalue weighted by molar-refractivity contribution is 9.25. The van der Waals surface area contributed by atoms with E-state index < -0.39 is 14.2 Å². The van der Waals surface area contributed by atoms with E-state index in [2.05, 4.69) is 31.9 Å². The Hall–Kier alpha value is -1.53. The Bertz CT molecular complexity index is 660. The van der Waals surface area contributed by atoms with Crippen molar-refractivity contribution in [2.45, 2.75) is 15.7 Å². The van der Waals surface area contributed by atoms with Gasteiger partial charge in [0.1, 0.15) is 0 Å². The van der Waals surface area contributed by atoms with Crippen LogP contribution in [0.1, 0.15) is 28.3 Å². The van der Waals surface area contributed by atoms with Crippen LogP contribution >= 0.6 is 31.9 Å². The number of nitrogens with zero attached hydrogens (tertiary/aromatic N) is 1. The summed E-state index contributed by atoms with van der Waals surface area (Å²) in [5.74, 6) is -0.781. The van der Waals surface area contributed by atoms with Gasteiger partial charge in [0, 0.05) is 43.8 Å². The van der Waals surface area contributed by atoms with Gasteiger partial charge in [0.2, 0.25) is 0 Å². The third-order valence-corrected chi connectivity index (χ3v) is 5.03. The van der Waals surface area contributed by atoms with Crippen LogP contribution in [0.5, 0.6) is 0 Å². The van der Waals surface area contributed by atoms with Crippen molar-refractivity contribution in [1.82, 2.24) is 0 Å². The van der Waals surface area contributed by atoms with Gasteiger partial charge in [-0.2, -0.15) is 0 Å². The van der Waals surface area contributed by atoms with Crippen molar-refractivity contribution in [3.05, 3.63) is 81.9 Å². The zero-order chi connectivity index (χ0) is 16.2. The predicted molar refractivity (Wildman–Crippen MR) is 92.2 cm³/mol. The molecule has 0 radical (unpaired) electrons. The zero-order valence-corrected chi connectivity index (χ0v) is 14.7. The Morgan fingerprint density at radius 1 is 1.05 bits per heavy atom. The van der Waals surface area contributed by atoms with E-state index in [9.17, 15) is 14.9 Å². The first-order chi connectivity index (χ1) is 10.4. The summed E-state index contributed by atoms with van der Waals surface area (Å²) in [5, 5.41) is 11.4. The molecule has 1 unspecified atom stereocenters. The maximum atomic E-state index is 12.4. The average molecular weight is 427 g/mol. The molecule has 4 nitrogen and oxygen atoms in total.